The SMILES string of the molecule is CC(Oc1ccc(F)c(F)c1)C(=O)NC(C(=O)O)c1ccc2c(c1)CCO2. The van der Waals surface area contributed by atoms with E-state index in [4.69, 9.17) is 9.47 Å². The van der Waals surface area contributed by atoms with Gasteiger partial charge in [-0.1, -0.05) is 6.07 Å². The second kappa shape index (κ2) is 7.61. The van der Waals surface area contributed by atoms with Gasteiger partial charge in [0.1, 0.15) is 11.5 Å². The van der Waals surface area contributed by atoms with Gasteiger partial charge < -0.3 is 19.9 Å². The summed E-state index contributed by atoms with van der Waals surface area (Å²) in [5.74, 6) is -3.43. The molecular formula is C19H17F2NO5. The molecule has 0 saturated carbocycles. The summed E-state index contributed by atoms with van der Waals surface area (Å²) in [5.41, 5.74) is 1.28. The monoisotopic (exact) mass is 377 g/mol. The number of benzene rings is 2. The third-order valence-electron chi connectivity index (χ3n) is 4.15. The number of hydrogen-bond acceptors (Lipinski definition) is 4. The number of hydrogen-bond donors (Lipinski definition) is 2. The van der Waals surface area contributed by atoms with E-state index in [1.165, 1.54) is 13.0 Å². The first-order valence-electron chi connectivity index (χ1n) is 8.25. The summed E-state index contributed by atoms with van der Waals surface area (Å²) in [7, 11) is 0. The van der Waals surface area contributed by atoms with Crippen molar-refractivity contribution in [2.75, 3.05) is 6.61 Å². The maximum Gasteiger partial charge on any atom is 0.330 e. The molecule has 1 aliphatic rings. The van der Waals surface area contributed by atoms with E-state index in [2.05, 4.69) is 5.32 Å². The van der Waals surface area contributed by atoms with E-state index >= 15 is 0 Å². The first-order chi connectivity index (χ1) is 12.8. The van der Waals surface area contributed by atoms with Crippen LogP contribution >= 0.6 is 0 Å². The van der Waals surface area contributed by atoms with Crippen LogP contribution in [0.3, 0.4) is 0 Å². The molecule has 1 heterocycles. The molecule has 6 nitrogen and oxygen atoms in total. The van der Waals surface area contributed by atoms with E-state index < -0.39 is 35.7 Å². The smallest absolute Gasteiger partial charge is 0.330 e. The number of carbonyl (C=O) groups is 2. The molecule has 0 fully saturated rings. The number of nitrogens with one attached hydrogen (secondary N) is 1. The Morgan fingerprint density at radius 2 is 1.96 bits per heavy atom. The minimum atomic E-state index is -1.28. The highest BCUT2D eigenvalue weighted by Gasteiger charge is 2.27. The van der Waals surface area contributed by atoms with Crippen molar-refractivity contribution in [3.05, 3.63) is 59.2 Å². The van der Waals surface area contributed by atoms with Crippen LogP contribution in [0.2, 0.25) is 0 Å². The Hall–Kier alpha value is -3.16. The summed E-state index contributed by atoms with van der Waals surface area (Å²) < 4.78 is 36.8. The van der Waals surface area contributed by atoms with Crippen molar-refractivity contribution in [1.82, 2.24) is 5.32 Å². The molecule has 27 heavy (non-hydrogen) atoms. The largest absolute Gasteiger partial charge is 0.493 e. The quantitative estimate of drug-likeness (QED) is 0.808. The van der Waals surface area contributed by atoms with Gasteiger partial charge >= 0.3 is 5.97 Å². The fraction of sp³-hybridized carbons (Fsp3) is 0.263. The molecule has 0 bridgehead atoms. The van der Waals surface area contributed by atoms with E-state index in [1.54, 1.807) is 18.2 Å². The van der Waals surface area contributed by atoms with Crippen molar-refractivity contribution in [2.24, 2.45) is 0 Å². The lowest BCUT2D eigenvalue weighted by Crippen LogP contribution is -2.41. The topological polar surface area (TPSA) is 84.9 Å². The molecule has 2 atom stereocenters. The second-order valence-electron chi connectivity index (χ2n) is 6.08. The van der Waals surface area contributed by atoms with Crippen molar-refractivity contribution >= 4 is 11.9 Å². The lowest BCUT2D eigenvalue weighted by atomic mass is 10.0. The Morgan fingerprint density at radius 1 is 1.19 bits per heavy atom. The highest BCUT2D eigenvalue weighted by molar-refractivity contribution is 5.87. The van der Waals surface area contributed by atoms with Gasteiger partial charge in [-0.3, -0.25) is 4.79 Å². The molecule has 0 spiro atoms. The highest BCUT2D eigenvalue weighted by Crippen LogP contribution is 2.28. The Labute approximate surface area is 153 Å². The minimum Gasteiger partial charge on any atom is -0.493 e. The Morgan fingerprint density at radius 3 is 2.67 bits per heavy atom. The molecule has 2 unspecified atom stereocenters. The maximum absolute atomic E-state index is 13.2. The second-order valence-corrected chi connectivity index (χ2v) is 6.08. The Bertz CT molecular complexity index is 886. The molecule has 0 radical (unpaired) electrons. The van der Waals surface area contributed by atoms with Gasteiger partial charge in [0, 0.05) is 12.5 Å². The molecule has 0 aromatic heterocycles. The van der Waals surface area contributed by atoms with Crippen LogP contribution in [0.5, 0.6) is 11.5 Å². The minimum absolute atomic E-state index is 0.0434. The van der Waals surface area contributed by atoms with Crippen LogP contribution in [0.4, 0.5) is 8.78 Å². The first-order valence-corrected chi connectivity index (χ1v) is 8.25. The standard InChI is InChI=1S/C19H17F2NO5/c1-10(27-13-3-4-14(20)15(21)9-13)18(23)22-17(19(24)25)12-2-5-16-11(8-12)6-7-26-16/h2-5,8-10,17H,6-7H2,1H3,(H,22,23)(H,24,25). The van der Waals surface area contributed by atoms with Crippen LogP contribution in [0.15, 0.2) is 36.4 Å². The van der Waals surface area contributed by atoms with Crippen LogP contribution < -0.4 is 14.8 Å². The van der Waals surface area contributed by atoms with Crippen molar-refractivity contribution in [3.63, 3.8) is 0 Å². The molecule has 3 rings (SSSR count). The first kappa shape index (κ1) is 18.6. The third-order valence-corrected chi connectivity index (χ3v) is 4.15. The molecular weight excluding hydrogens is 360 g/mol. The third kappa shape index (κ3) is 4.16. The number of amides is 1. The van der Waals surface area contributed by atoms with Crippen molar-refractivity contribution in [3.8, 4) is 11.5 Å². The number of rotatable bonds is 6. The number of ether oxygens (including phenoxy) is 2. The molecule has 0 aliphatic carbocycles. The number of halogens is 2. The van der Waals surface area contributed by atoms with Gasteiger partial charge in [-0.2, -0.15) is 0 Å². The summed E-state index contributed by atoms with van der Waals surface area (Å²) in [6.07, 6.45) is -0.450. The molecule has 2 aromatic rings. The van der Waals surface area contributed by atoms with Crippen LogP contribution in [0, 0.1) is 11.6 Å². The molecule has 8 heteroatoms. The Balaban J connectivity index is 1.71. The molecule has 2 aromatic carbocycles. The van der Waals surface area contributed by atoms with Gasteiger partial charge in [-0.15, -0.1) is 0 Å². The van der Waals surface area contributed by atoms with Crippen molar-refractivity contribution < 1.29 is 33.0 Å². The predicted octanol–water partition coefficient (Wildman–Crippen LogP) is 2.61. The lowest BCUT2D eigenvalue weighted by molar-refractivity contribution is -0.143. The van der Waals surface area contributed by atoms with Gasteiger partial charge in [-0.05, 0) is 42.3 Å². The van der Waals surface area contributed by atoms with Gasteiger partial charge in [0.05, 0.1) is 6.61 Å². The van der Waals surface area contributed by atoms with Gasteiger partial charge in [0.2, 0.25) is 0 Å². The summed E-state index contributed by atoms with van der Waals surface area (Å²) in [5, 5.41) is 11.9. The fourth-order valence-corrected chi connectivity index (χ4v) is 2.74. The van der Waals surface area contributed by atoms with Crippen molar-refractivity contribution in [2.45, 2.75) is 25.5 Å². The molecule has 1 aliphatic heterocycles. The van der Waals surface area contributed by atoms with Crippen LogP contribution in [-0.4, -0.2) is 29.7 Å². The summed E-state index contributed by atoms with van der Waals surface area (Å²) in [6.45, 7) is 1.91. The summed E-state index contributed by atoms with van der Waals surface area (Å²) >= 11 is 0. The van der Waals surface area contributed by atoms with E-state index in [0.717, 1.165) is 17.7 Å². The van der Waals surface area contributed by atoms with Crippen molar-refractivity contribution in [1.29, 1.82) is 0 Å². The number of carbonyl (C=O) groups excluding carboxylic acids is 1. The van der Waals surface area contributed by atoms with E-state index in [9.17, 15) is 23.5 Å². The number of aliphatic carboxylic acids is 1. The van der Waals surface area contributed by atoms with Gasteiger partial charge in [-0.25, -0.2) is 13.6 Å². The maximum atomic E-state index is 13.2. The average molecular weight is 377 g/mol. The highest BCUT2D eigenvalue weighted by atomic mass is 19.2. The normalized spacial score (nSPS) is 14.6. The molecule has 0 saturated heterocycles. The zero-order chi connectivity index (χ0) is 19.6. The lowest BCUT2D eigenvalue weighted by Gasteiger charge is -2.19. The van der Waals surface area contributed by atoms with Gasteiger partial charge in [0.15, 0.2) is 23.8 Å². The van der Waals surface area contributed by atoms with Crippen LogP contribution in [-0.2, 0) is 16.0 Å². The van der Waals surface area contributed by atoms with E-state index in [-0.39, 0.29) is 5.75 Å². The molecule has 1 amide bonds. The zero-order valence-corrected chi connectivity index (χ0v) is 14.4. The average Bonchev–Trinajstić information content (AvgIpc) is 3.09. The van der Waals surface area contributed by atoms with E-state index in [0.29, 0.717) is 24.3 Å². The fourth-order valence-electron chi connectivity index (χ4n) is 2.74. The number of carboxylic acid groups (broad SMARTS) is 1. The predicted molar refractivity (Wildman–Crippen MR) is 90.6 cm³/mol. The zero-order valence-electron chi connectivity index (χ0n) is 14.4. The van der Waals surface area contributed by atoms with Gasteiger partial charge in [0.25, 0.3) is 5.91 Å². The Kier molecular flexibility index (Phi) is 5.25. The molecule has 2 N–H and O–H groups in total. The summed E-state index contributed by atoms with van der Waals surface area (Å²) in [4.78, 5) is 23.9. The van der Waals surface area contributed by atoms with Crippen LogP contribution in [0.25, 0.3) is 0 Å². The number of carboxylic acids is 1. The molecule has 142 valence electrons. The number of fused-ring (bicyclic) bond motifs is 1. The summed E-state index contributed by atoms with van der Waals surface area (Å²) in [6, 6.07) is 6.51. The van der Waals surface area contributed by atoms with E-state index in [1.807, 2.05) is 0 Å². The van der Waals surface area contributed by atoms with Crippen LogP contribution in [0.1, 0.15) is 24.1 Å².